The molecule has 0 saturated heterocycles. The van der Waals surface area contributed by atoms with Crippen molar-refractivity contribution in [2.45, 2.75) is 45.1 Å². The summed E-state index contributed by atoms with van der Waals surface area (Å²) >= 11 is 0. The van der Waals surface area contributed by atoms with Gasteiger partial charge in [-0.25, -0.2) is 0 Å². The number of hydrogen-bond acceptors (Lipinski definition) is 4. The predicted molar refractivity (Wildman–Crippen MR) is 130 cm³/mol. The number of benzene rings is 2. The molecule has 2 aromatic carbocycles. The molecule has 0 radical (unpaired) electrons. The number of carbonyl (C=O) groups excluding carboxylic acids is 1. The normalized spacial score (nSPS) is 14.3. The van der Waals surface area contributed by atoms with Gasteiger partial charge in [0, 0.05) is 37.5 Å². The van der Waals surface area contributed by atoms with E-state index in [-0.39, 0.29) is 18.2 Å². The second kappa shape index (κ2) is 11.5. The number of aliphatic carboxylic acids is 1. The molecular weight excluding hydrogens is 430 g/mol. The van der Waals surface area contributed by atoms with Crippen molar-refractivity contribution in [1.29, 1.82) is 0 Å². The number of unbranched alkanes of at least 4 members (excludes halogenated alkanes) is 2. The van der Waals surface area contributed by atoms with Crippen molar-refractivity contribution >= 4 is 11.9 Å². The molecule has 34 heavy (non-hydrogen) atoms. The number of para-hydroxylation sites is 1. The molecular formula is C28H31NO5. The zero-order valence-corrected chi connectivity index (χ0v) is 19.2. The van der Waals surface area contributed by atoms with Crippen molar-refractivity contribution in [2.75, 3.05) is 13.1 Å². The van der Waals surface area contributed by atoms with Gasteiger partial charge in [-0.15, -0.1) is 0 Å². The Balaban J connectivity index is 1.44. The molecule has 1 heterocycles. The van der Waals surface area contributed by atoms with Crippen LogP contribution in [0.5, 0.6) is 5.75 Å². The molecule has 6 heteroatoms. The highest BCUT2D eigenvalue weighted by Crippen LogP contribution is 2.32. The van der Waals surface area contributed by atoms with Gasteiger partial charge in [-0.2, -0.15) is 0 Å². The molecule has 1 aliphatic rings. The second-order valence-corrected chi connectivity index (χ2v) is 8.63. The van der Waals surface area contributed by atoms with Gasteiger partial charge in [0.25, 0.3) is 5.91 Å². The Morgan fingerprint density at radius 3 is 2.53 bits per heavy atom. The molecule has 1 N–H and O–H groups in total. The van der Waals surface area contributed by atoms with Gasteiger partial charge in [0.2, 0.25) is 0 Å². The summed E-state index contributed by atoms with van der Waals surface area (Å²) in [7, 11) is 0. The van der Waals surface area contributed by atoms with Crippen LogP contribution in [0.15, 0.2) is 71.3 Å². The lowest BCUT2D eigenvalue weighted by molar-refractivity contribution is -0.137. The molecule has 0 spiro atoms. The van der Waals surface area contributed by atoms with Gasteiger partial charge in [-0.1, -0.05) is 30.3 Å². The van der Waals surface area contributed by atoms with Crippen LogP contribution in [-0.4, -0.2) is 35.0 Å². The first kappa shape index (κ1) is 22.3. The van der Waals surface area contributed by atoms with Crippen molar-refractivity contribution in [3.63, 3.8) is 0 Å². The second-order valence-electron chi connectivity index (χ2n) is 8.63. The lowest BCUT2D eigenvalue weighted by atomic mass is 10.1. The van der Waals surface area contributed by atoms with Gasteiger partial charge in [-0.05, 0) is 68.4 Å². The van der Waals surface area contributed by atoms with Gasteiger partial charge in [0.1, 0.15) is 11.5 Å². The smallest absolute Gasteiger partial charge is 0.303 e. The Morgan fingerprint density at radius 1 is 1.03 bits per heavy atom. The Bertz CT molecular complexity index is 1110. The number of ether oxygens (including phenoxy) is 1. The predicted octanol–water partition coefficient (Wildman–Crippen LogP) is 6.02. The van der Waals surface area contributed by atoms with Gasteiger partial charge in [0.05, 0.1) is 12.9 Å². The quantitative estimate of drug-likeness (QED) is 0.314. The molecule has 1 unspecified atom stereocenters. The molecule has 1 aromatic heterocycles. The maximum atomic E-state index is 13.5. The summed E-state index contributed by atoms with van der Waals surface area (Å²) in [6, 6.07) is 18.6. The Labute approximate surface area is 201 Å². The number of hydrogen-bond donors (Lipinski definition) is 1. The van der Waals surface area contributed by atoms with Gasteiger partial charge < -0.3 is 19.2 Å². The monoisotopic (exact) mass is 462 g/mol. The van der Waals surface area contributed by atoms with Crippen LogP contribution in [0.25, 0.3) is 11.3 Å². The molecule has 4 rings (SSSR count). The Kier molecular flexibility index (Phi) is 7.56. The number of rotatable bonds is 13. The van der Waals surface area contributed by atoms with Crippen LogP contribution in [0.2, 0.25) is 0 Å². The number of carboxylic acid groups (broad SMARTS) is 1. The first-order valence-corrected chi connectivity index (χ1v) is 11.8. The van der Waals surface area contributed by atoms with E-state index in [1.54, 1.807) is 23.3 Å². The van der Waals surface area contributed by atoms with E-state index in [2.05, 4.69) is 0 Å². The highest BCUT2D eigenvalue weighted by Gasteiger charge is 2.28. The van der Waals surface area contributed by atoms with Crippen LogP contribution < -0.4 is 4.74 Å². The zero-order valence-electron chi connectivity index (χ0n) is 20.2. The molecule has 178 valence electrons. The lowest BCUT2D eigenvalue weighted by Gasteiger charge is -2.24. The summed E-state index contributed by atoms with van der Waals surface area (Å²) < 4.78 is 20.2. The standard InChI is InChI=1S/C28H31NO5/c30-27(31)10-2-1-5-17-33-26-8-4-3-7-24(26)20-29(19-21-11-12-21)28(32)23-15-13-22(14-16-23)25-9-6-18-34-25/h3-4,6-9,13-16,18,21H,1-2,5,10-12,17,19-20H2,(H,30,31)/i19D. The minimum absolute atomic E-state index is 0.169. The maximum absolute atomic E-state index is 13.5. The van der Waals surface area contributed by atoms with Crippen LogP contribution in [0.1, 0.15) is 55.8 Å². The number of nitrogens with zero attached hydrogens (tertiary/aromatic N) is 1. The first-order valence-electron chi connectivity index (χ1n) is 12.4. The van der Waals surface area contributed by atoms with E-state index in [1.165, 1.54) is 0 Å². The molecule has 1 atom stereocenters. The third-order valence-corrected chi connectivity index (χ3v) is 5.82. The van der Waals surface area contributed by atoms with Crippen LogP contribution in [0.3, 0.4) is 0 Å². The largest absolute Gasteiger partial charge is 0.493 e. The van der Waals surface area contributed by atoms with E-state index in [1.807, 2.05) is 48.5 Å². The van der Waals surface area contributed by atoms with Gasteiger partial charge in [0.15, 0.2) is 0 Å². The molecule has 1 saturated carbocycles. The average molecular weight is 463 g/mol. The minimum Gasteiger partial charge on any atom is -0.493 e. The van der Waals surface area contributed by atoms with Crippen molar-refractivity contribution in [3.8, 4) is 17.1 Å². The summed E-state index contributed by atoms with van der Waals surface area (Å²) in [6.07, 6.45) is 5.88. The van der Waals surface area contributed by atoms with Crippen molar-refractivity contribution < 1.29 is 25.2 Å². The fourth-order valence-electron chi connectivity index (χ4n) is 3.77. The van der Waals surface area contributed by atoms with Gasteiger partial charge >= 0.3 is 5.97 Å². The Morgan fingerprint density at radius 2 is 1.82 bits per heavy atom. The molecule has 6 nitrogen and oxygen atoms in total. The molecule has 1 amide bonds. The third-order valence-electron chi connectivity index (χ3n) is 5.82. The summed E-state index contributed by atoms with van der Waals surface area (Å²) in [5.41, 5.74) is 2.29. The number of carboxylic acids is 1. The first-order chi connectivity index (χ1) is 17.0. The summed E-state index contributed by atoms with van der Waals surface area (Å²) in [6.45, 7) is 0.154. The van der Waals surface area contributed by atoms with Crippen LogP contribution >= 0.6 is 0 Å². The molecule has 0 bridgehead atoms. The maximum Gasteiger partial charge on any atom is 0.303 e. The Hall–Kier alpha value is -3.54. The summed E-state index contributed by atoms with van der Waals surface area (Å²) in [5, 5.41) is 8.76. The summed E-state index contributed by atoms with van der Waals surface area (Å²) in [5.74, 6) is 0.679. The highest BCUT2D eigenvalue weighted by molar-refractivity contribution is 5.94. The van der Waals surface area contributed by atoms with E-state index in [0.29, 0.717) is 30.9 Å². The third kappa shape index (κ3) is 6.73. The van der Waals surface area contributed by atoms with E-state index in [4.69, 9.17) is 15.6 Å². The highest BCUT2D eigenvalue weighted by atomic mass is 16.5. The van der Waals surface area contributed by atoms with Crippen LogP contribution in [0, 0.1) is 5.92 Å². The van der Waals surface area contributed by atoms with Crippen LogP contribution in [0.4, 0.5) is 0 Å². The van der Waals surface area contributed by atoms with E-state index < -0.39 is 12.5 Å². The number of furan rings is 1. The molecule has 3 aromatic rings. The van der Waals surface area contributed by atoms with Crippen molar-refractivity contribution in [3.05, 3.63) is 78.1 Å². The SMILES string of the molecule is [2H]C(C1CC1)N(Cc1ccccc1OCCCCCC(=O)O)C(=O)c1ccc(-c2ccco2)cc1. The fourth-order valence-corrected chi connectivity index (χ4v) is 3.77. The van der Waals surface area contributed by atoms with Crippen molar-refractivity contribution in [2.24, 2.45) is 5.92 Å². The van der Waals surface area contributed by atoms with E-state index in [9.17, 15) is 9.59 Å². The summed E-state index contributed by atoms with van der Waals surface area (Å²) in [4.78, 5) is 25.8. The van der Waals surface area contributed by atoms with E-state index in [0.717, 1.165) is 42.6 Å². The van der Waals surface area contributed by atoms with E-state index >= 15 is 0 Å². The van der Waals surface area contributed by atoms with Crippen LogP contribution in [-0.2, 0) is 11.3 Å². The minimum atomic E-state index is -0.780. The fraction of sp³-hybridized carbons (Fsp3) is 0.357. The van der Waals surface area contributed by atoms with Gasteiger partial charge in [-0.3, -0.25) is 9.59 Å². The van der Waals surface area contributed by atoms with Crippen molar-refractivity contribution in [1.82, 2.24) is 4.90 Å². The molecule has 1 aliphatic carbocycles. The topological polar surface area (TPSA) is 80.0 Å². The zero-order chi connectivity index (χ0) is 24.6. The number of amides is 1. The lowest BCUT2D eigenvalue weighted by Crippen LogP contribution is -2.32. The average Bonchev–Trinajstić information content (AvgIpc) is 3.58. The molecule has 0 aliphatic heterocycles. The molecule has 1 fully saturated rings. The number of carbonyl (C=O) groups is 2.